The van der Waals surface area contributed by atoms with Crippen LogP contribution in [0.4, 0.5) is 11.4 Å². The highest BCUT2D eigenvalue weighted by atomic mass is 35.5. The van der Waals surface area contributed by atoms with E-state index in [1.807, 2.05) is 33.7 Å². The molecule has 0 unspecified atom stereocenters. The van der Waals surface area contributed by atoms with Gasteiger partial charge in [0.15, 0.2) is 5.65 Å². The number of carbonyl (C=O) groups excluding carboxylic acids is 1. The summed E-state index contributed by atoms with van der Waals surface area (Å²) in [7, 11) is 0. The SMILES string of the molecule is C[C@@H]1CN(c2cccc3c2CN(c2ccc(Cl)cc2)CC3)CCN1C(=O)Cn1cnc2cccnc21. The van der Waals surface area contributed by atoms with Gasteiger partial charge in [-0.1, -0.05) is 23.7 Å². The maximum absolute atomic E-state index is 13.2. The highest BCUT2D eigenvalue weighted by molar-refractivity contribution is 6.30. The normalized spacial score (nSPS) is 17.9. The quantitative estimate of drug-likeness (QED) is 0.416. The lowest BCUT2D eigenvalue weighted by Crippen LogP contribution is -2.55. The summed E-state index contributed by atoms with van der Waals surface area (Å²) in [5.74, 6) is 0.108. The summed E-state index contributed by atoms with van der Waals surface area (Å²) in [6.45, 7) is 6.60. The lowest BCUT2D eigenvalue weighted by atomic mass is 9.96. The van der Waals surface area contributed by atoms with E-state index < -0.39 is 0 Å². The molecular weight excluding hydrogens is 472 g/mol. The van der Waals surface area contributed by atoms with Crippen molar-refractivity contribution in [3.8, 4) is 0 Å². The van der Waals surface area contributed by atoms with Crippen LogP contribution in [0.2, 0.25) is 5.02 Å². The Morgan fingerprint density at radius 2 is 1.86 bits per heavy atom. The van der Waals surface area contributed by atoms with Crippen LogP contribution < -0.4 is 9.80 Å². The molecule has 8 heteroatoms. The number of imidazole rings is 1. The van der Waals surface area contributed by atoms with Gasteiger partial charge in [0.2, 0.25) is 5.91 Å². The molecule has 6 rings (SSSR count). The third-order valence-corrected chi connectivity index (χ3v) is 7.66. The van der Waals surface area contributed by atoms with Crippen LogP contribution in [-0.2, 0) is 24.3 Å². The predicted octanol–water partition coefficient (Wildman–Crippen LogP) is 4.38. The van der Waals surface area contributed by atoms with Crippen LogP contribution in [0.15, 0.2) is 67.1 Å². The highest BCUT2D eigenvalue weighted by Crippen LogP contribution is 2.33. The average Bonchev–Trinajstić information content (AvgIpc) is 3.31. The maximum atomic E-state index is 13.2. The van der Waals surface area contributed by atoms with Crippen LogP contribution in [0.5, 0.6) is 0 Å². The molecule has 0 aliphatic carbocycles. The first kappa shape index (κ1) is 22.9. The monoisotopic (exact) mass is 500 g/mol. The molecule has 0 saturated carbocycles. The number of piperazine rings is 1. The topological polar surface area (TPSA) is 57.5 Å². The molecule has 4 aromatic rings. The minimum atomic E-state index is 0.108. The summed E-state index contributed by atoms with van der Waals surface area (Å²) in [5, 5.41) is 0.760. The predicted molar refractivity (Wildman–Crippen MR) is 144 cm³/mol. The zero-order chi connectivity index (χ0) is 24.6. The van der Waals surface area contributed by atoms with E-state index in [4.69, 9.17) is 11.6 Å². The molecule has 36 heavy (non-hydrogen) atoms. The number of hydrogen-bond acceptors (Lipinski definition) is 5. The van der Waals surface area contributed by atoms with Crippen molar-refractivity contribution in [3.05, 3.63) is 83.3 Å². The van der Waals surface area contributed by atoms with Gasteiger partial charge in [-0.05, 0) is 66.9 Å². The molecule has 2 aliphatic heterocycles. The van der Waals surface area contributed by atoms with E-state index in [-0.39, 0.29) is 18.5 Å². The van der Waals surface area contributed by atoms with Crippen molar-refractivity contribution in [3.63, 3.8) is 0 Å². The van der Waals surface area contributed by atoms with E-state index >= 15 is 0 Å². The Morgan fingerprint density at radius 1 is 1.00 bits per heavy atom. The van der Waals surface area contributed by atoms with Crippen molar-refractivity contribution in [2.75, 3.05) is 36.0 Å². The smallest absolute Gasteiger partial charge is 0.242 e. The van der Waals surface area contributed by atoms with Gasteiger partial charge in [0, 0.05) is 61.4 Å². The molecule has 0 radical (unpaired) electrons. The molecule has 2 aromatic heterocycles. The fourth-order valence-corrected chi connectivity index (χ4v) is 5.65. The minimum Gasteiger partial charge on any atom is -0.367 e. The number of fused-ring (bicyclic) bond motifs is 2. The van der Waals surface area contributed by atoms with Crippen LogP contribution >= 0.6 is 11.6 Å². The Kier molecular flexibility index (Phi) is 6.01. The molecule has 0 N–H and O–H groups in total. The van der Waals surface area contributed by atoms with Crippen molar-refractivity contribution in [1.29, 1.82) is 0 Å². The first-order valence-corrected chi connectivity index (χ1v) is 12.9. The Balaban J connectivity index is 1.17. The number of pyridine rings is 1. The first-order chi connectivity index (χ1) is 17.6. The van der Waals surface area contributed by atoms with E-state index in [1.54, 1.807) is 12.5 Å². The lowest BCUT2D eigenvalue weighted by Gasteiger charge is -2.43. The van der Waals surface area contributed by atoms with E-state index in [2.05, 4.69) is 57.0 Å². The Hall–Kier alpha value is -3.58. The molecule has 1 atom stereocenters. The number of aromatic nitrogens is 3. The molecule has 0 spiro atoms. The van der Waals surface area contributed by atoms with Gasteiger partial charge in [-0.15, -0.1) is 0 Å². The number of rotatable bonds is 4. The Labute approximate surface area is 215 Å². The van der Waals surface area contributed by atoms with Crippen molar-refractivity contribution in [2.24, 2.45) is 0 Å². The number of anilines is 2. The number of carbonyl (C=O) groups is 1. The van der Waals surface area contributed by atoms with Gasteiger partial charge in [0.05, 0.1) is 6.33 Å². The van der Waals surface area contributed by atoms with Crippen LogP contribution in [0, 0.1) is 0 Å². The Morgan fingerprint density at radius 3 is 2.69 bits per heavy atom. The van der Waals surface area contributed by atoms with Crippen molar-refractivity contribution >= 4 is 40.0 Å². The number of benzene rings is 2. The molecular formula is C28H29ClN6O. The molecule has 7 nitrogen and oxygen atoms in total. The first-order valence-electron chi connectivity index (χ1n) is 12.5. The van der Waals surface area contributed by atoms with Gasteiger partial charge >= 0.3 is 0 Å². The summed E-state index contributed by atoms with van der Waals surface area (Å²) in [6.07, 6.45) is 4.47. The van der Waals surface area contributed by atoms with E-state index in [0.717, 1.165) is 48.8 Å². The second-order valence-electron chi connectivity index (χ2n) is 9.66. The van der Waals surface area contributed by atoms with Crippen molar-refractivity contribution < 1.29 is 4.79 Å². The van der Waals surface area contributed by atoms with Gasteiger partial charge < -0.3 is 19.3 Å². The van der Waals surface area contributed by atoms with Crippen molar-refractivity contribution in [2.45, 2.75) is 32.5 Å². The van der Waals surface area contributed by atoms with Crippen LogP contribution in [-0.4, -0.2) is 57.6 Å². The molecule has 1 saturated heterocycles. The van der Waals surface area contributed by atoms with E-state index in [9.17, 15) is 4.79 Å². The molecule has 184 valence electrons. The van der Waals surface area contributed by atoms with Crippen LogP contribution in [0.1, 0.15) is 18.1 Å². The van der Waals surface area contributed by atoms with Gasteiger partial charge in [0.1, 0.15) is 12.1 Å². The maximum Gasteiger partial charge on any atom is 0.242 e. The summed E-state index contributed by atoms with van der Waals surface area (Å²) in [4.78, 5) is 28.9. The standard InChI is InChI=1S/C28H29ClN6O/c1-20-16-33(14-15-35(20)27(36)18-34-19-31-25-5-3-12-30-28(25)34)26-6-2-4-21-11-13-32(17-24(21)26)23-9-7-22(29)8-10-23/h2-10,12,19-20H,11,13-18H2,1H3/t20-/m1/s1. The number of hydrogen-bond donors (Lipinski definition) is 0. The largest absolute Gasteiger partial charge is 0.367 e. The molecule has 2 aromatic carbocycles. The fourth-order valence-electron chi connectivity index (χ4n) is 5.53. The Bertz CT molecular complexity index is 1400. The van der Waals surface area contributed by atoms with Crippen LogP contribution in [0.3, 0.4) is 0 Å². The second-order valence-corrected chi connectivity index (χ2v) is 10.1. The van der Waals surface area contributed by atoms with Gasteiger partial charge in [-0.25, -0.2) is 9.97 Å². The average molecular weight is 501 g/mol. The molecule has 0 bridgehead atoms. The number of nitrogens with zero attached hydrogens (tertiary/aromatic N) is 6. The zero-order valence-electron chi connectivity index (χ0n) is 20.3. The summed E-state index contributed by atoms with van der Waals surface area (Å²) in [6, 6.07) is 18.7. The molecule has 4 heterocycles. The third-order valence-electron chi connectivity index (χ3n) is 7.41. The van der Waals surface area contributed by atoms with Crippen molar-refractivity contribution in [1.82, 2.24) is 19.4 Å². The number of amides is 1. The van der Waals surface area contributed by atoms with Crippen LogP contribution in [0.25, 0.3) is 11.2 Å². The van der Waals surface area contributed by atoms with Gasteiger partial charge in [0.25, 0.3) is 0 Å². The summed E-state index contributed by atoms with van der Waals surface area (Å²) >= 11 is 6.11. The minimum absolute atomic E-state index is 0.108. The van der Waals surface area contributed by atoms with E-state index in [1.165, 1.54) is 22.5 Å². The number of halogens is 1. The lowest BCUT2D eigenvalue weighted by molar-refractivity contribution is -0.134. The van der Waals surface area contributed by atoms with Gasteiger partial charge in [-0.2, -0.15) is 0 Å². The van der Waals surface area contributed by atoms with Gasteiger partial charge in [-0.3, -0.25) is 4.79 Å². The zero-order valence-corrected chi connectivity index (χ0v) is 21.1. The third kappa shape index (κ3) is 4.28. The molecule has 1 amide bonds. The summed E-state index contributed by atoms with van der Waals surface area (Å²) in [5.41, 5.74) is 6.85. The fraction of sp³-hybridized carbons (Fsp3) is 0.321. The van der Waals surface area contributed by atoms with E-state index in [0.29, 0.717) is 6.54 Å². The molecule has 1 fully saturated rings. The summed E-state index contributed by atoms with van der Waals surface area (Å²) < 4.78 is 1.84. The second kappa shape index (κ2) is 9.47. The highest BCUT2D eigenvalue weighted by Gasteiger charge is 2.30. The molecule has 2 aliphatic rings.